The van der Waals surface area contributed by atoms with E-state index in [1.54, 1.807) is 30.3 Å². The number of hydrogen-bond acceptors (Lipinski definition) is 7. The summed E-state index contributed by atoms with van der Waals surface area (Å²) in [4.78, 5) is 17.2. The molecule has 0 radical (unpaired) electrons. The molecule has 2 heterocycles. The highest BCUT2D eigenvalue weighted by Gasteiger charge is 2.36. The highest BCUT2D eigenvalue weighted by atomic mass is 19.4. The molecular weight excluding hydrogens is 481 g/mol. The van der Waals surface area contributed by atoms with Gasteiger partial charge in [0.15, 0.2) is 28.5 Å². The van der Waals surface area contributed by atoms with Gasteiger partial charge in [0.1, 0.15) is 11.5 Å². The number of hydrogen-bond donors (Lipinski definition) is 1. The fraction of sp³-hybridized carbons (Fsp3) is 0.208. The van der Waals surface area contributed by atoms with E-state index in [1.165, 1.54) is 40.6 Å². The SMILES string of the molecule is COc1ccc(NC(=O)c2cc3nc(-c4ccc(OC)c(OC)c4)cc(C(F)(F)F)n3n2)c(OC)c1. The Labute approximate surface area is 203 Å². The number of fused-ring (bicyclic) bond motifs is 1. The molecule has 0 aliphatic rings. The van der Waals surface area contributed by atoms with Gasteiger partial charge in [0.05, 0.1) is 39.8 Å². The average molecular weight is 502 g/mol. The predicted octanol–water partition coefficient (Wildman–Crippen LogP) is 4.70. The van der Waals surface area contributed by atoms with Gasteiger partial charge in [-0.1, -0.05) is 0 Å². The van der Waals surface area contributed by atoms with E-state index in [4.69, 9.17) is 18.9 Å². The lowest BCUT2D eigenvalue weighted by Gasteiger charge is -2.12. The summed E-state index contributed by atoms with van der Waals surface area (Å²) in [6, 6.07) is 11.3. The first kappa shape index (κ1) is 24.6. The first-order chi connectivity index (χ1) is 17.2. The van der Waals surface area contributed by atoms with Crippen LogP contribution in [-0.2, 0) is 6.18 Å². The largest absolute Gasteiger partial charge is 0.497 e. The first-order valence-electron chi connectivity index (χ1n) is 10.4. The number of nitrogens with one attached hydrogen (secondary N) is 1. The van der Waals surface area contributed by atoms with Crippen LogP contribution in [0.1, 0.15) is 16.2 Å². The van der Waals surface area contributed by atoms with E-state index in [2.05, 4.69) is 15.4 Å². The van der Waals surface area contributed by atoms with Gasteiger partial charge in [0.2, 0.25) is 0 Å². The third-order valence-corrected chi connectivity index (χ3v) is 5.29. The molecule has 0 atom stereocenters. The summed E-state index contributed by atoms with van der Waals surface area (Å²) in [5.41, 5.74) is -0.874. The summed E-state index contributed by atoms with van der Waals surface area (Å²) >= 11 is 0. The van der Waals surface area contributed by atoms with Gasteiger partial charge in [0.25, 0.3) is 5.91 Å². The van der Waals surface area contributed by atoms with Crippen molar-refractivity contribution >= 4 is 17.2 Å². The minimum absolute atomic E-state index is 0.0134. The zero-order valence-electron chi connectivity index (χ0n) is 19.6. The molecule has 4 rings (SSSR count). The Hall–Kier alpha value is -4.48. The molecule has 1 N–H and O–H groups in total. The highest BCUT2D eigenvalue weighted by molar-refractivity contribution is 6.04. The van der Waals surface area contributed by atoms with Crippen LogP contribution in [0.5, 0.6) is 23.0 Å². The van der Waals surface area contributed by atoms with Gasteiger partial charge < -0.3 is 24.3 Å². The van der Waals surface area contributed by atoms with E-state index < -0.39 is 17.8 Å². The molecule has 4 aromatic rings. The smallest absolute Gasteiger partial charge is 0.433 e. The fourth-order valence-corrected chi connectivity index (χ4v) is 3.52. The summed E-state index contributed by atoms with van der Waals surface area (Å²) < 4.78 is 63.2. The van der Waals surface area contributed by atoms with E-state index in [1.807, 2.05) is 0 Å². The van der Waals surface area contributed by atoms with Crippen LogP contribution in [0.4, 0.5) is 18.9 Å². The maximum atomic E-state index is 13.9. The van der Waals surface area contributed by atoms with Crippen LogP contribution >= 0.6 is 0 Å². The van der Waals surface area contributed by atoms with E-state index in [0.717, 1.165) is 6.07 Å². The van der Waals surface area contributed by atoms with Crippen LogP contribution in [0, 0.1) is 0 Å². The van der Waals surface area contributed by atoms with Gasteiger partial charge >= 0.3 is 6.18 Å². The Morgan fingerprint density at radius 2 is 1.58 bits per heavy atom. The first-order valence-corrected chi connectivity index (χ1v) is 10.4. The van der Waals surface area contributed by atoms with E-state index in [-0.39, 0.29) is 22.7 Å². The van der Waals surface area contributed by atoms with Gasteiger partial charge in [0, 0.05) is 17.7 Å². The lowest BCUT2D eigenvalue weighted by atomic mass is 10.1. The van der Waals surface area contributed by atoms with Crippen molar-refractivity contribution in [2.24, 2.45) is 0 Å². The molecule has 9 nitrogen and oxygen atoms in total. The van der Waals surface area contributed by atoms with Crippen LogP contribution in [0.3, 0.4) is 0 Å². The normalized spacial score (nSPS) is 11.3. The van der Waals surface area contributed by atoms with Crippen molar-refractivity contribution in [1.29, 1.82) is 0 Å². The van der Waals surface area contributed by atoms with Gasteiger partial charge in [-0.3, -0.25) is 4.79 Å². The number of aromatic nitrogens is 3. The predicted molar refractivity (Wildman–Crippen MR) is 124 cm³/mol. The maximum absolute atomic E-state index is 13.9. The van der Waals surface area contributed by atoms with Crippen molar-refractivity contribution in [3.8, 4) is 34.3 Å². The zero-order valence-corrected chi connectivity index (χ0v) is 19.6. The van der Waals surface area contributed by atoms with E-state index in [9.17, 15) is 18.0 Å². The van der Waals surface area contributed by atoms with E-state index in [0.29, 0.717) is 33.1 Å². The lowest BCUT2D eigenvalue weighted by molar-refractivity contribution is -0.142. The van der Waals surface area contributed by atoms with Gasteiger partial charge in [-0.15, -0.1) is 0 Å². The number of methoxy groups -OCH3 is 4. The number of carbonyl (C=O) groups is 1. The quantitative estimate of drug-likeness (QED) is 0.391. The standard InChI is InChI=1S/C24H21F3N4O5/c1-33-14-6-7-15(19(10-14)35-3)29-23(32)17-12-22-28-16(11-21(24(25,26)27)31(22)30-17)13-5-8-18(34-2)20(9-13)36-4/h5-12H,1-4H3,(H,29,32). The monoisotopic (exact) mass is 502 g/mol. The van der Waals surface area contributed by atoms with Crippen LogP contribution in [0.2, 0.25) is 0 Å². The van der Waals surface area contributed by atoms with Crippen LogP contribution < -0.4 is 24.3 Å². The van der Waals surface area contributed by atoms with Crippen LogP contribution in [0.15, 0.2) is 48.5 Å². The molecule has 1 amide bonds. The third-order valence-electron chi connectivity index (χ3n) is 5.29. The number of nitrogens with zero attached hydrogens (tertiary/aromatic N) is 3. The molecular formula is C24H21F3N4O5. The van der Waals surface area contributed by atoms with Gasteiger partial charge in [-0.05, 0) is 36.4 Å². The number of alkyl halides is 3. The van der Waals surface area contributed by atoms with Crippen molar-refractivity contribution < 1.29 is 36.9 Å². The summed E-state index contributed by atoms with van der Waals surface area (Å²) in [5, 5.41) is 6.46. The molecule has 12 heteroatoms. The molecule has 2 aromatic carbocycles. The molecule has 0 saturated carbocycles. The minimum Gasteiger partial charge on any atom is -0.497 e. The third kappa shape index (κ3) is 4.69. The topological polar surface area (TPSA) is 96.2 Å². The molecule has 36 heavy (non-hydrogen) atoms. The summed E-state index contributed by atoms with van der Waals surface area (Å²) in [7, 11) is 5.75. The Morgan fingerprint density at radius 1 is 0.861 bits per heavy atom. The number of halogens is 3. The Kier molecular flexibility index (Phi) is 6.60. The summed E-state index contributed by atoms with van der Waals surface area (Å²) in [6.07, 6.45) is -4.77. The Bertz CT molecular complexity index is 1440. The number of carbonyl (C=O) groups excluding carboxylic acids is 1. The second-order valence-corrected chi connectivity index (χ2v) is 7.41. The maximum Gasteiger partial charge on any atom is 0.433 e. The number of anilines is 1. The molecule has 0 unspecified atom stereocenters. The van der Waals surface area contributed by atoms with Crippen molar-refractivity contribution in [3.63, 3.8) is 0 Å². The number of benzene rings is 2. The highest BCUT2D eigenvalue weighted by Crippen LogP contribution is 2.36. The van der Waals surface area contributed by atoms with Crippen molar-refractivity contribution in [2.75, 3.05) is 33.8 Å². The molecule has 0 spiro atoms. The Balaban J connectivity index is 1.77. The molecule has 0 fully saturated rings. The van der Waals surface area contributed by atoms with Crippen LogP contribution in [0.25, 0.3) is 16.9 Å². The number of ether oxygens (including phenoxy) is 4. The summed E-state index contributed by atoms with van der Waals surface area (Å²) in [6.45, 7) is 0. The van der Waals surface area contributed by atoms with Crippen molar-refractivity contribution in [3.05, 3.63) is 59.9 Å². The zero-order chi connectivity index (χ0) is 26.0. The van der Waals surface area contributed by atoms with E-state index >= 15 is 0 Å². The lowest BCUT2D eigenvalue weighted by Crippen LogP contribution is -2.16. The molecule has 0 aliphatic carbocycles. The molecule has 0 saturated heterocycles. The molecule has 2 aromatic heterocycles. The molecule has 0 bridgehead atoms. The average Bonchev–Trinajstić information content (AvgIpc) is 3.31. The number of amides is 1. The second-order valence-electron chi connectivity index (χ2n) is 7.41. The minimum atomic E-state index is -4.77. The van der Waals surface area contributed by atoms with Crippen molar-refractivity contribution in [1.82, 2.24) is 14.6 Å². The van der Waals surface area contributed by atoms with Crippen molar-refractivity contribution in [2.45, 2.75) is 6.18 Å². The molecule has 0 aliphatic heterocycles. The fourth-order valence-electron chi connectivity index (χ4n) is 3.52. The second kappa shape index (κ2) is 9.64. The van der Waals surface area contributed by atoms with Gasteiger partial charge in [-0.25, -0.2) is 9.50 Å². The number of rotatable bonds is 7. The van der Waals surface area contributed by atoms with Crippen LogP contribution in [-0.4, -0.2) is 48.9 Å². The van der Waals surface area contributed by atoms with Gasteiger partial charge in [-0.2, -0.15) is 18.3 Å². The molecule has 188 valence electrons. The summed E-state index contributed by atoms with van der Waals surface area (Å²) in [5.74, 6) is 0.795. The Morgan fingerprint density at radius 3 is 2.22 bits per heavy atom.